The highest BCUT2D eigenvalue weighted by Gasteiger charge is 2.76. The molecule has 0 radical (unpaired) electrons. The van der Waals surface area contributed by atoms with E-state index in [9.17, 15) is 20.1 Å². The van der Waals surface area contributed by atoms with Crippen LogP contribution in [0.1, 0.15) is 55.7 Å². The molecule has 3 aromatic rings. The molecule has 46 heavy (non-hydrogen) atoms. The van der Waals surface area contributed by atoms with Crippen molar-refractivity contribution in [3.63, 3.8) is 0 Å². The van der Waals surface area contributed by atoms with Crippen molar-refractivity contribution in [3.8, 4) is 23.0 Å². The van der Waals surface area contributed by atoms with Crippen molar-refractivity contribution in [1.29, 1.82) is 0 Å². The lowest BCUT2D eigenvalue weighted by molar-refractivity contribution is -0.167. The number of hydrogen-bond acceptors (Lipinski definition) is 9. The average molecular weight is 631 g/mol. The number of nitrogens with one attached hydrogen (secondary N) is 1. The minimum Gasteiger partial charge on any atom is -0.497 e. The van der Waals surface area contributed by atoms with Gasteiger partial charge in [-0.25, -0.2) is 0 Å². The zero-order valence-corrected chi connectivity index (χ0v) is 25.9. The van der Waals surface area contributed by atoms with Crippen molar-refractivity contribution < 1.29 is 43.9 Å². The van der Waals surface area contributed by atoms with Gasteiger partial charge in [0.2, 0.25) is 12.7 Å². The number of carbonyl (C=O) groups is 2. The van der Waals surface area contributed by atoms with Crippen LogP contribution in [0, 0.1) is 5.92 Å². The normalized spacial score (nSPS) is 30.3. The van der Waals surface area contributed by atoms with Gasteiger partial charge in [0, 0.05) is 24.1 Å². The molecule has 1 aliphatic carbocycles. The largest absolute Gasteiger partial charge is 0.497 e. The molecule has 1 saturated heterocycles. The average Bonchev–Trinajstić information content (AvgIpc) is 3.76. The van der Waals surface area contributed by atoms with Crippen LogP contribution in [-0.4, -0.2) is 70.4 Å². The molecular formula is C35H38N2O9. The maximum Gasteiger partial charge on any atom is 0.253 e. The molecular weight excluding hydrogens is 592 g/mol. The summed E-state index contributed by atoms with van der Waals surface area (Å²) in [6.45, 7) is 3.44. The van der Waals surface area contributed by atoms with Crippen molar-refractivity contribution in [1.82, 2.24) is 10.2 Å². The number of fused-ring (bicyclic) bond motifs is 5. The Kier molecular flexibility index (Phi) is 7.18. The van der Waals surface area contributed by atoms with E-state index in [-0.39, 0.29) is 24.5 Å². The standard InChI is InChI=1S/C35H38N2O9/c1-4-33(2,41)32(40)36-27-11-8-16-37(27)30(38)29-28(20-9-6-5-7-10-20)35(21-12-14-22(43-3)15-13-21)31(39)34(29,42)23-17-25-26(45-19-44-25)18-24(23)46-35/h5-7,9-10,12-15,17-18,27-29,31,39,41-42H,4,8,11,16,19H2,1-3H3,(H,36,40)/t27-,28-,29+,31+,33-,34-,35-/m0/s1. The molecule has 4 aliphatic rings. The van der Waals surface area contributed by atoms with E-state index in [1.165, 1.54) is 6.92 Å². The summed E-state index contributed by atoms with van der Waals surface area (Å²) in [4.78, 5) is 29.6. The monoisotopic (exact) mass is 630 g/mol. The maximum atomic E-state index is 15.1. The summed E-state index contributed by atoms with van der Waals surface area (Å²) < 4.78 is 23.6. The zero-order valence-electron chi connectivity index (χ0n) is 25.9. The van der Waals surface area contributed by atoms with Gasteiger partial charge in [0.15, 0.2) is 17.1 Å². The van der Waals surface area contributed by atoms with Crippen LogP contribution in [0.3, 0.4) is 0 Å². The van der Waals surface area contributed by atoms with Crippen LogP contribution >= 0.6 is 0 Å². The molecule has 242 valence electrons. The topological polar surface area (TPSA) is 147 Å². The molecule has 2 amide bonds. The molecule has 0 unspecified atom stereocenters. The number of aliphatic hydroxyl groups is 3. The van der Waals surface area contributed by atoms with Crippen molar-refractivity contribution in [3.05, 3.63) is 83.4 Å². The first kappa shape index (κ1) is 30.3. The summed E-state index contributed by atoms with van der Waals surface area (Å²) in [5, 5.41) is 39.0. The Hall–Kier alpha value is -4.32. The number of amides is 2. The lowest BCUT2D eigenvalue weighted by Crippen LogP contribution is -2.57. The van der Waals surface area contributed by atoms with Crippen LogP contribution in [0.4, 0.5) is 0 Å². The van der Waals surface area contributed by atoms with Gasteiger partial charge in [-0.05, 0) is 55.5 Å². The number of aliphatic hydroxyl groups excluding tert-OH is 1. The number of benzene rings is 3. The van der Waals surface area contributed by atoms with Crippen LogP contribution < -0.4 is 24.3 Å². The third kappa shape index (κ3) is 4.29. The number of likely N-dealkylation sites (tertiary alicyclic amines) is 1. The van der Waals surface area contributed by atoms with Gasteiger partial charge < -0.3 is 44.5 Å². The summed E-state index contributed by atoms with van der Waals surface area (Å²) in [5.41, 5.74) is -3.98. The second kappa shape index (κ2) is 10.9. The highest BCUT2D eigenvalue weighted by Crippen LogP contribution is 2.67. The van der Waals surface area contributed by atoms with E-state index in [1.54, 1.807) is 55.3 Å². The first-order chi connectivity index (χ1) is 22.1. The number of methoxy groups -OCH3 is 1. The van der Waals surface area contributed by atoms with Gasteiger partial charge in [-0.3, -0.25) is 9.59 Å². The van der Waals surface area contributed by atoms with E-state index in [0.29, 0.717) is 47.8 Å². The summed E-state index contributed by atoms with van der Waals surface area (Å²) in [6.07, 6.45) is -1.07. The fourth-order valence-electron chi connectivity index (χ4n) is 7.61. The van der Waals surface area contributed by atoms with Crippen LogP contribution in [-0.2, 0) is 20.8 Å². The Labute approximate surface area is 266 Å². The number of hydrogen-bond donors (Lipinski definition) is 4. The molecule has 2 fully saturated rings. The van der Waals surface area contributed by atoms with Gasteiger partial charge in [-0.15, -0.1) is 0 Å². The Morgan fingerprint density at radius 3 is 2.43 bits per heavy atom. The zero-order chi connectivity index (χ0) is 32.4. The lowest BCUT2D eigenvalue weighted by atomic mass is 9.75. The SMILES string of the molecule is CC[C@](C)(O)C(=O)N[C@@H]1CCCN1C(=O)[C@H]1[C@H](c2ccccc2)[C@]2(c3ccc(OC)cc3)Oc3cc4c(cc3[C@@]1(O)[C@H]2O)OCO4. The second-order valence-electron chi connectivity index (χ2n) is 12.7. The fraction of sp³-hybridized carbons (Fsp3) is 0.429. The smallest absolute Gasteiger partial charge is 0.253 e. The molecule has 11 heteroatoms. The molecule has 7 rings (SSSR count). The quantitative estimate of drug-likeness (QED) is 0.310. The van der Waals surface area contributed by atoms with E-state index >= 15 is 4.79 Å². The van der Waals surface area contributed by atoms with E-state index in [4.69, 9.17) is 18.9 Å². The van der Waals surface area contributed by atoms with Crippen LogP contribution in [0.25, 0.3) is 0 Å². The molecule has 3 aromatic carbocycles. The fourth-order valence-corrected chi connectivity index (χ4v) is 7.61. The highest BCUT2D eigenvalue weighted by molar-refractivity contribution is 5.87. The molecule has 0 spiro atoms. The maximum absolute atomic E-state index is 15.1. The first-order valence-electron chi connectivity index (χ1n) is 15.6. The predicted octanol–water partition coefficient (Wildman–Crippen LogP) is 2.90. The number of rotatable bonds is 7. The molecule has 3 aliphatic heterocycles. The van der Waals surface area contributed by atoms with Crippen LogP contribution in [0.15, 0.2) is 66.7 Å². The summed E-state index contributed by atoms with van der Waals surface area (Å²) in [6, 6.07) is 19.5. The van der Waals surface area contributed by atoms with Crippen molar-refractivity contribution in [2.24, 2.45) is 5.92 Å². The Balaban J connectivity index is 1.43. The van der Waals surface area contributed by atoms with E-state index < -0.39 is 52.7 Å². The van der Waals surface area contributed by atoms with Gasteiger partial charge in [-0.1, -0.05) is 49.4 Å². The van der Waals surface area contributed by atoms with Crippen LogP contribution in [0.2, 0.25) is 0 Å². The Morgan fingerprint density at radius 2 is 1.76 bits per heavy atom. The van der Waals surface area contributed by atoms with E-state index in [0.717, 1.165) is 0 Å². The Bertz CT molecular complexity index is 1660. The second-order valence-corrected chi connectivity index (χ2v) is 12.7. The van der Waals surface area contributed by atoms with Gasteiger partial charge in [0.05, 0.1) is 13.0 Å². The highest BCUT2D eigenvalue weighted by atomic mass is 16.7. The van der Waals surface area contributed by atoms with E-state index in [2.05, 4.69) is 5.32 Å². The minimum atomic E-state index is -2.15. The van der Waals surface area contributed by atoms with Crippen molar-refractivity contribution >= 4 is 11.8 Å². The third-order valence-electron chi connectivity index (χ3n) is 10.3. The number of carbonyl (C=O) groups excluding carboxylic acids is 2. The van der Waals surface area contributed by atoms with Crippen LogP contribution in [0.5, 0.6) is 23.0 Å². The van der Waals surface area contributed by atoms with Crippen molar-refractivity contribution in [2.45, 2.75) is 68.1 Å². The molecule has 11 nitrogen and oxygen atoms in total. The van der Waals surface area contributed by atoms with Gasteiger partial charge in [0.25, 0.3) is 5.91 Å². The van der Waals surface area contributed by atoms with E-state index in [1.807, 2.05) is 30.3 Å². The summed E-state index contributed by atoms with van der Waals surface area (Å²) in [5.74, 6) is -1.57. The summed E-state index contributed by atoms with van der Waals surface area (Å²) >= 11 is 0. The molecule has 2 bridgehead atoms. The molecule has 1 saturated carbocycles. The minimum absolute atomic E-state index is 0.0193. The third-order valence-corrected chi connectivity index (χ3v) is 10.3. The Morgan fingerprint density at radius 1 is 1.07 bits per heavy atom. The molecule has 4 N–H and O–H groups in total. The van der Waals surface area contributed by atoms with Crippen molar-refractivity contribution in [2.75, 3.05) is 20.4 Å². The van der Waals surface area contributed by atoms with Gasteiger partial charge in [-0.2, -0.15) is 0 Å². The van der Waals surface area contributed by atoms with Gasteiger partial charge >= 0.3 is 0 Å². The number of ether oxygens (including phenoxy) is 4. The molecule has 0 aromatic heterocycles. The summed E-state index contributed by atoms with van der Waals surface area (Å²) in [7, 11) is 1.55. The first-order valence-corrected chi connectivity index (χ1v) is 15.6. The predicted molar refractivity (Wildman–Crippen MR) is 164 cm³/mol. The number of nitrogens with zero attached hydrogens (tertiary/aromatic N) is 1. The molecule has 7 atom stereocenters. The molecule has 3 heterocycles. The lowest BCUT2D eigenvalue weighted by Gasteiger charge is -2.45. The van der Waals surface area contributed by atoms with Gasteiger partial charge in [0.1, 0.15) is 35.0 Å².